The van der Waals surface area contributed by atoms with E-state index in [1.807, 2.05) is 0 Å². The van der Waals surface area contributed by atoms with E-state index in [-0.39, 0.29) is 23.3 Å². The number of carbonyl (C=O) groups excluding carboxylic acids is 2. The van der Waals surface area contributed by atoms with Crippen LogP contribution >= 0.6 is 15.9 Å². The molecule has 0 rings (SSSR count). The highest BCUT2D eigenvalue weighted by atomic mass is 79.9. The molecule has 0 aliphatic heterocycles. The van der Waals surface area contributed by atoms with Gasteiger partial charge in [-0.15, -0.1) is 0 Å². The van der Waals surface area contributed by atoms with Gasteiger partial charge in [0.1, 0.15) is 17.7 Å². The standard InChI is InChI=1S/C15H27BrO3/c1-5-6-11(2)7-12(3)8-14(9-17)10-19-15(18)13(4)16/h9,11-14H,5-8,10H2,1-4H3/t11-,12+,13?,14?/m1/s1. The summed E-state index contributed by atoms with van der Waals surface area (Å²) in [7, 11) is 0. The largest absolute Gasteiger partial charge is 0.464 e. The molecule has 0 aromatic carbocycles. The number of hydrogen-bond donors (Lipinski definition) is 0. The minimum atomic E-state index is -0.318. The number of alkyl halides is 1. The minimum Gasteiger partial charge on any atom is -0.464 e. The predicted molar refractivity (Wildman–Crippen MR) is 81.4 cm³/mol. The molecule has 0 N–H and O–H groups in total. The van der Waals surface area contributed by atoms with Gasteiger partial charge >= 0.3 is 5.97 Å². The minimum absolute atomic E-state index is 0.181. The number of carbonyl (C=O) groups is 2. The van der Waals surface area contributed by atoms with Crippen LogP contribution in [0.4, 0.5) is 0 Å². The van der Waals surface area contributed by atoms with E-state index in [0.29, 0.717) is 11.8 Å². The van der Waals surface area contributed by atoms with Crippen molar-refractivity contribution < 1.29 is 14.3 Å². The zero-order chi connectivity index (χ0) is 14.8. The first-order chi connectivity index (χ1) is 8.90. The monoisotopic (exact) mass is 334 g/mol. The van der Waals surface area contributed by atoms with Gasteiger partial charge in [-0.25, -0.2) is 0 Å². The van der Waals surface area contributed by atoms with Gasteiger partial charge in [-0.3, -0.25) is 4.79 Å². The summed E-state index contributed by atoms with van der Waals surface area (Å²) in [5.41, 5.74) is 0. The number of halogens is 1. The second-order valence-electron chi connectivity index (χ2n) is 5.61. The first kappa shape index (κ1) is 18.6. The van der Waals surface area contributed by atoms with Crippen LogP contribution in [0.5, 0.6) is 0 Å². The van der Waals surface area contributed by atoms with Gasteiger partial charge in [0.15, 0.2) is 0 Å². The second kappa shape index (κ2) is 10.4. The highest BCUT2D eigenvalue weighted by molar-refractivity contribution is 9.10. The third-order valence-corrected chi connectivity index (χ3v) is 3.62. The van der Waals surface area contributed by atoms with Crippen molar-refractivity contribution in [2.45, 2.75) is 58.2 Å². The lowest BCUT2D eigenvalue weighted by Crippen LogP contribution is -2.21. The van der Waals surface area contributed by atoms with E-state index in [0.717, 1.165) is 19.1 Å². The lowest BCUT2D eigenvalue weighted by atomic mass is 9.88. The van der Waals surface area contributed by atoms with Crippen LogP contribution in [0.15, 0.2) is 0 Å². The number of aldehydes is 1. The van der Waals surface area contributed by atoms with Crippen LogP contribution in [0.3, 0.4) is 0 Å². The van der Waals surface area contributed by atoms with Crippen molar-refractivity contribution in [3.8, 4) is 0 Å². The predicted octanol–water partition coefficient (Wildman–Crippen LogP) is 3.98. The summed E-state index contributed by atoms with van der Waals surface area (Å²) in [5, 5.41) is 0. The zero-order valence-corrected chi connectivity index (χ0v) is 14.1. The Morgan fingerprint density at radius 2 is 1.84 bits per heavy atom. The molecule has 0 saturated heterocycles. The lowest BCUT2D eigenvalue weighted by Gasteiger charge is -2.20. The van der Waals surface area contributed by atoms with Crippen LogP contribution in [0, 0.1) is 17.8 Å². The van der Waals surface area contributed by atoms with Crippen molar-refractivity contribution in [1.29, 1.82) is 0 Å². The first-order valence-corrected chi connectivity index (χ1v) is 8.08. The quantitative estimate of drug-likeness (QED) is 0.345. The van der Waals surface area contributed by atoms with Crippen molar-refractivity contribution in [3.05, 3.63) is 0 Å². The van der Waals surface area contributed by atoms with E-state index >= 15 is 0 Å². The van der Waals surface area contributed by atoms with Gasteiger partial charge in [0, 0.05) is 5.92 Å². The molecule has 3 nitrogen and oxygen atoms in total. The second-order valence-corrected chi connectivity index (χ2v) is 6.99. The zero-order valence-electron chi connectivity index (χ0n) is 12.5. The lowest BCUT2D eigenvalue weighted by molar-refractivity contribution is -0.144. The summed E-state index contributed by atoms with van der Waals surface area (Å²) < 4.78 is 5.09. The van der Waals surface area contributed by atoms with Gasteiger partial charge in [-0.2, -0.15) is 0 Å². The molecule has 0 radical (unpaired) electrons. The van der Waals surface area contributed by atoms with Crippen LogP contribution < -0.4 is 0 Å². The van der Waals surface area contributed by atoms with E-state index in [4.69, 9.17) is 4.74 Å². The highest BCUT2D eigenvalue weighted by Crippen LogP contribution is 2.22. The Morgan fingerprint density at radius 3 is 2.32 bits per heavy atom. The highest BCUT2D eigenvalue weighted by Gasteiger charge is 2.18. The van der Waals surface area contributed by atoms with Gasteiger partial charge < -0.3 is 9.53 Å². The third kappa shape index (κ3) is 9.20. The smallest absolute Gasteiger partial charge is 0.319 e. The molecule has 0 bridgehead atoms. The third-order valence-electron chi connectivity index (χ3n) is 3.25. The van der Waals surface area contributed by atoms with Gasteiger partial charge in [0.25, 0.3) is 0 Å². The SMILES string of the molecule is CCC[C@@H](C)C[C@H](C)CC(C=O)COC(=O)C(C)Br. The Kier molecular flexibility index (Phi) is 10.2. The van der Waals surface area contributed by atoms with Crippen molar-refractivity contribution >= 4 is 28.2 Å². The normalized spacial score (nSPS) is 17.3. The molecule has 0 heterocycles. The molecule has 2 unspecified atom stereocenters. The van der Waals surface area contributed by atoms with Gasteiger partial charge in [0.2, 0.25) is 0 Å². The summed E-state index contributed by atoms with van der Waals surface area (Å²) in [6.45, 7) is 8.52. The molecule has 4 heteroatoms. The molecule has 0 aliphatic carbocycles. The Labute approximate surface area is 125 Å². The number of esters is 1. The van der Waals surface area contributed by atoms with E-state index in [1.54, 1.807) is 6.92 Å². The number of hydrogen-bond acceptors (Lipinski definition) is 3. The molecule has 0 aromatic rings. The van der Waals surface area contributed by atoms with Gasteiger partial charge in [0.05, 0.1) is 0 Å². The molecule has 4 atom stereocenters. The molecule has 0 amide bonds. The maximum atomic E-state index is 11.3. The fraction of sp³-hybridized carbons (Fsp3) is 0.867. The molecular weight excluding hydrogens is 308 g/mol. The van der Waals surface area contributed by atoms with Crippen molar-refractivity contribution in [2.75, 3.05) is 6.61 Å². The van der Waals surface area contributed by atoms with Crippen LogP contribution in [-0.2, 0) is 14.3 Å². The van der Waals surface area contributed by atoms with E-state index in [2.05, 4.69) is 36.7 Å². The molecule has 0 aromatic heterocycles. The molecule has 0 fully saturated rings. The molecule has 0 saturated carbocycles. The maximum absolute atomic E-state index is 11.3. The summed E-state index contributed by atoms with van der Waals surface area (Å²) in [5.74, 6) is 0.687. The van der Waals surface area contributed by atoms with E-state index in [9.17, 15) is 9.59 Å². The Hall–Kier alpha value is -0.380. The summed E-state index contributed by atoms with van der Waals surface area (Å²) in [4.78, 5) is 22.0. The van der Waals surface area contributed by atoms with E-state index in [1.165, 1.54) is 12.8 Å². The number of ether oxygens (including phenoxy) is 1. The van der Waals surface area contributed by atoms with Crippen LogP contribution in [0.25, 0.3) is 0 Å². The van der Waals surface area contributed by atoms with Crippen molar-refractivity contribution in [2.24, 2.45) is 17.8 Å². The fourth-order valence-electron chi connectivity index (χ4n) is 2.38. The van der Waals surface area contributed by atoms with Crippen LogP contribution in [0.1, 0.15) is 53.4 Å². The topological polar surface area (TPSA) is 43.4 Å². The summed E-state index contributed by atoms with van der Waals surface area (Å²) >= 11 is 3.15. The maximum Gasteiger partial charge on any atom is 0.319 e. The summed E-state index contributed by atoms with van der Waals surface area (Å²) in [6, 6.07) is 0. The Bertz CT molecular complexity index is 266. The average Bonchev–Trinajstić information content (AvgIpc) is 2.33. The van der Waals surface area contributed by atoms with Crippen molar-refractivity contribution in [3.63, 3.8) is 0 Å². The first-order valence-electron chi connectivity index (χ1n) is 7.16. The Balaban J connectivity index is 4.04. The fourth-order valence-corrected chi connectivity index (χ4v) is 2.51. The molecule has 19 heavy (non-hydrogen) atoms. The van der Waals surface area contributed by atoms with Crippen LogP contribution in [0.2, 0.25) is 0 Å². The van der Waals surface area contributed by atoms with Gasteiger partial charge in [-0.1, -0.05) is 49.5 Å². The molecular formula is C15H27BrO3. The Morgan fingerprint density at radius 1 is 1.21 bits per heavy atom. The molecule has 112 valence electrons. The van der Waals surface area contributed by atoms with Gasteiger partial charge in [-0.05, 0) is 31.6 Å². The van der Waals surface area contributed by atoms with Crippen molar-refractivity contribution in [1.82, 2.24) is 0 Å². The molecule has 0 spiro atoms. The molecule has 0 aliphatic rings. The van der Waals surface area contributed by atoms with Crippen LogP contribution in [-0.4, -0.2) is 23.7 Å². The average molecular weight is 335 g/mol. The summed E-state index contributed by atoms with van der Waals surface area (Å²) in [6.07, 6.45) is 5.26. The van der Waals surface area contributed by atoms with E-state index < -0.39 is 0 Å². The number of rotatable bonds is 10.